The lowest BCUT2D eigenvalue weighted by Gasteiger charge is -2.07. The van der Waals surface area contributed by atoms with E-state index in [-0.39, 0.29) is 11.6 Å². The summed E-state index contributed by atoms with van der Waals surface area (Å²) < 4.78 is 39.9. The van der Waals surface area contributed by atoms with Crippen LogP contribution in [0.5, 0.6) is 5.75 Å². The van der Waals surface area contributed by atoms with E-state index in [1.807, 2.05) is 0 Å². The number of hydrogen-bond donors (Lipinski definition) is 1. The number of rotatable bonds is 8. The van der Waals surface area contributed by atoms with E-state index in [0.29, 0.717) is 24.3 Å². The maximum absolute atomic E-state index is 13.0. The lowest BCUT2D eigenvalue weighted by atomic mass is 10.2. The minimum absolute atomic E-state index is 0.0328. The zero-order valence-electron chi connectivity index (χ0n) is 11.1. The van der Waals surface area contributed by atoms with E-state index >= 15 is 0 Å². The van der Waals surface area contributed by atoms with E-state index < -0.39 is 10.0 Å². The highest BCUT2D eigenvalue weighted by Gasteiger charge is 2.02. The first-order valence-electron chi connectivity index (χ1n) is 6.28. The lowest BCUT2D eigenvalue weighted by molar-refractivity contribution is 0.304. The zero-order chi connectivity index (χ0) is 14.3. The molecule has 0 heterocycles. The molecule has 1 rings (SSSR count). The van der Waals surface area contributed by atoms with Crippen molar-refractivity contribution in [1.82, 2.24) is 0 Å². The van der Waals surface area contributed by atoms with Crippen molar-refractivity contribution in [1.29, 1.82) is 0 Å². The van der Waals surface area contributed by atoms with Crippen molar-refractivity contribution < 1.29 is 17.5 Å². The fourth-order valence-electron chi connectivity index (χ4n) is 1.66. The third-order valence-electron chi connectivity index (χ3n) is 2.72. The van der Waals surface area contributed by atoms with Gasteiger partial charge in [0.1, 0.15) is 11.6 Å². The molecule has 0 amide bonds. The van der Waals surface area contributed by atoms with Crippen molar-refractivity contribution in [3.63, 3.8) is 0 Å². The summed E-state index contributed by atoms with van der Waals surface area (Å²) in [7, 11) is -3.34. The molecular formula is C13H20FNO3S. The van der Waals surface area contributed by atoms with Crippen molar-refractivity contribution in [3.05, 3.63) is 29.6 Å². The summed E-state index contributed by atoms with van der Waals surface area (Å²) in [4.78, 5) is 0. The number of halogens is 1. The van der Waals surface area contributed by atoms with Crippen LogP contribution in [0.4, 0.5) is 4.39 Å². The molecule has 0 unspecified atom stereocenters. The summed E-state index contributed by atoms with van der Waals surface area (Å²) in [6.07, 6.45) is 3.10. The number of nitrogens with two attached hydrogens (primary N) is 1. The van der Waals surface area contributed by atoms with E-state index in [0.717, 1.165) is 19.3 Å². The number of unbranched alkanes of at least 4 members (excludes halogenated alkanes) is 3. The predicted molar refractivity (Wildman–Crippen MR) is 73.1 cm³/mol. The largest absolute Gasteiger partial charge is 0.494 e. The van der Waals surface area contributed by atoms with Gasteiger partial charge in [0.05, 0.1) is 12.4 Å². The smallest absolute Gasteiger partial charge is 0.209 e. The van der Waals surface area contributed by atoms with Crippen LogP contribution in [0.1, 0.15) is 31.2 Å². The maximum atomic E-state index is 13.0. The molecule has 0 aromatic heterocycles. The molecule has 1 aromatic carbocycles. The molecule has 0 spiro atoms. The predicted octanol–water partition coefficient (Wildman–Crippen LogP) is 2.36. The molecular weight excluding hydrogens is 269 g/mol. The average Bonchev–Trinajstić information content (AvgIpc) is 2.31. The molecule has 108 valence electrons. The van der Waals surface area contributed by atoms with Gasteiger partial charge >= 0.3 is 0 Å². The van der Waals surface area contributed by atoms with Crippen LogP contribution in [0.2, 0.25) is 0 Å². The third-order valence-corrected chi connectivity index (χ3v) is 3.58. The first-order chi connectivity index (χ1) is 8.88. The summed E-state index contributed by atoms with van der Waals surface area (Å²) >= 11 is 0. The quantitative estimate of drug-likeness (QED) is 0.747. The monoisotopic (exact) mass is 289 g/mol. The number of benzene rings is 1. The summed E-state index contributed by atoms with van der Waals surface area (Å²) in [6.45, 7) is 2.23. The minimum Gasteiger partial charge on any atom is -0.494 e. The Morgan fingerprint density at radius 2 is 1.89 bits per heavy atom. The van der Waals surface area contributed by atoms with Crippen molar-refractivity contribution >= 4 is 10.0 Å². The van der Waals surface area contributed by atoms with Gasteiger partial charge in [0.2, 0.25) is 10.0 Å². The van der Waals surface area contributed by atoms with Gasteiger partial charge in [-0.3, -0.25) is 0 Å². The van der Waals surface area contributed by atoms with Crippen molar-refractivity contribution in [3.8, 4) is 5.75 Å². The molecule has 0 aliphatic rings. The number of sulfonamides is 1. The summed E-state index contributed by atoms with van der Waals surface area (Å²) in [5.41, 5.74) is 0.561. The highest BCUT2D eigenvalue weighted by Crippen LogP contribution is 2.16. The van der Waals surface area contributed by atoms with Gasteiger partial charge in [0.25, 0.3) is 0 Å². The van der Waals surface area contributed by atoms with E-state index in [1.54, 1.807) is 19.1 Å². The Hall–Kier alpha value is -1.14. The van der Waals surface area contributed by atoms with Crippen LogP contribution in [-0.2, 0) is 10.0 Å². The van der Waals surface area contributed by atoms with Crippen molar-refractivity contribution in [2.24, 2.45) is 5.14 Å². The van der Waals surface area contributed by atoms with Crippen LogP contribution >= 0.6 is 0 Å². The summed E-state index contributed by atoms with van der Waals surface area (Å²) in [5, 5.41) is 4.90. The number of hydrogen-bond acceptors (Lipinski definition) is 3. The van der Waals surface area contributed by atoms with E-state index in [2.05, 4.69) is 0 Å². The van der Waals surface area contributed by atoms with Gasteiger partial charge in [-0.2, -0.15) is 0 Å². The molecule has 0 aliphatic heterocycles. The molecule has 0 bridgehead atoms. The Balaban J connectivity index is 2.12. The van der Waals surface area contributed by atoms with Crippen LogP contribution in [-0.4, -0.2) is 20.8 Å². The first kappa shape index (κ1) is 15.9. The molecule has 0 radical (unpaired) electrons. The minimum atomic E-state index is -3.34. The Bertz CT molecular complexity index is 503. The Morgan fingerprint density at radius 3 is 2.53 bits per heavy atom. The van der Waals surface area contributed by atoms with Gasteiger partial charge in [-0.15, -0.1) is 0 Å². The van der Waals surface area contributed by atoms with Crippen LogP contribution < -0.4 is 9.88 Å². The maximum Gasteiger partial charge on any atom is 0.209 e. The number of primary sulfonamides is 1. The topological polar surface area (TPSA) is 69.4 Å². The second kappa shape index (κ2) is 7.45. The standard InChI is InChI=1S/C13H20FNO3S/c1-11-10-12(6-7-13(11)14)18-8-4-2-3-5-9-19(15,16)17/h6-7,10H,2-5,8-9H2,1H3,(H2,15,16,17). The van der Waals surface area contributed by atoms with E-state index in [1.165, 1.54) is 6.07 Å². The van der Waals surface area contributed by atoms with Gasteiger partial charge in [0, 0.05) is 0 Å². The second-order valence-corrected chi connectivity index (χ2v) is 6.27. The van der Waals surface area contributed by atoms with Crippen molar-refractivity contribution in [2.45, 2.75) is 32.6 Å². The Labute approximate surface area is 113 Å². The van der Waals surface area contributed by atoms with Gasteiger partial charge in [-0.05, 0) is 43.5 Å². The number of aryl methyl sites for hydroxylation is 1. The molecule has 4 nitrogen and oxygen atoms in total. The van der Waals surface area contributed by atoms with Gasteiger partial charge in [-0.1, -0.05) is 12.8 Å². The van der Waals surface area contributed by atoms with Crippen LogP contribution in [0, 0.1) is 12.7 Å². The summed E-state index contributed by atoms with van der Waals surface area (Å²) in [6, 6.07) is 4.65. The number of ether oxygens (including phenoxy) is 1. The van der Waals surface area contributed by atoms with E-state index in [9.17, 15) is 12.8 Å². The summed E-state index contributed by atoms with van der Waals surface area (Å²) in [5.74, 6) is 0.448. The second-order valence-electron chi connectivity index (χ2n) is 4.54. The van der Waals surface area contributed by atoms with Crippen LogP contribution in [0.15, 0.2) is 18.2 Å². The first-order valence-corrected chi connectivity index (χ1v) is 7.99. The molecule has 0 saturated heterocycles. The molecule has 0 aliphatic carbocycles. The molecule has 19 heavy (non-hydrogen) atoms. The Morgan fingerprint density at radius 1 is 1.21 bits per heavy atom. The van der Waals surface area contributed by atoms with Crippen molar-refractivity contribution in [2.75, 3.05) is 12.4 Å². The third kappa shape index (κ3) is 7.12. The zero-order valence-corrected chi connectivity index (χ0v) is 11.9. The van der Waals surface area contributed by atoms with Gasteiger partial charge in [0.15, 0.2) is 0 Å². The molecule has 6 heteroatoms. The molecule has 0 saturated carbocycles. The fourth-order valence-corrected chi connectivity index (χ4v) is 2.26. The van der Waals surface area contributed by atoms with E-state index in [4.69, 9.17) is 9.88 Å². The molecule has 1 aromatic rings. The van der Waals surface area contributed by atoms with Gasteiger partial charge in [-0.25, -0.2) is 17.9 Å². The Kier molecular flexibility index (Phi) is 6.24. The lowest BCUT2D eigenvalue weighted by Crippen LogP contribution is -2.16. The SMILES string of the molecule is Cc1cc(OCCCCCCS(N)(=O)=O)ccc1F. The highest BCUT2D eigenvalue weighted by molar-refractivity contribution is 7.89. The molecule has 0 fully saturated rings. The van der Waals surface area contributed by atoms with Gasteiger partial charge < -0.3 is 4.74 Å². The fraction of sp³-hybridized carbons (Fsp3) is 0.538. The molecule has 0 atom stereocenters. The normalized spacial score (nSPS) is 11.5. The van der Waals surface area contributed by atoms with Crippen LogP contribution in [0.3, 0.4) is 0 Å². The molecule has 2 N–H and O–H groups in total. The average molecular weight is 289 g/mol. The highest BCUT2D eigenvalue weighted by atomic mass is 32.2. The van der Waals surface area contributed by atoms with Crippen LogP contribution in [0.25, 0.3) is 0 Å².